The van der Waals surface area contributed by atoms with Crippen molar-refractivity contribution in [2.45, 2.75) is 16.5 Å². The van der Waals surface area contributed by atoms with E-state index in [0.717, 1.165) is 4.34 Å². The summed E-state index contributed by atoms with van der Waals surface area (Å²) in [5.74, 6) is 0.426. The Morgan fingerprint density at radius 3 is 3.00 bits per heavy atom. The third-order valence-corrected chi connectivity index (χ3v) is 4.38. The highest BCUT2D eigenvalue weighted by Gasteiger charge is 2.17. The molecule has 0 bridgehead atoms. The Labute approximate surface area is 124 Å². The highest BCUT2D eigenvalue weighted by atomic mass is 32.2. The first-order valence-corrected chi connectivity index (χ1v) is 7.53. The first kappa shape index (κ1) is 14.6. The van der Waals surface area contributed by atoms with Gasteiger partial charge in [-0.25, -0.2) is 0 Å². The summed E-state index contributed by atoms with van der Waals surface area (Å²) in [4.78, 5) is 12.1. The van der Waals surface area contributed by atoms with E-state index in [1.165, 1.54) is 23.1 Å². The van der Waals surface area contributed by atoms with Crippen LogP contribution in [0.5, 0.6) is 5.75 Å². The number of rotatable bonds is 5. The fourth-order valence-corrected chi connectivity index (χ4v) is 3.10. The van der Waals surface area contributed by atoms with Gasteiger partial charge in [-0.3, -0.25) is 4.79 Å². The number of carbonyl (C=O) groups is 1. The van der Waals surface area contributed by atoms with Gasteiger partial charge in [-0.15, -0.1) is 10.2 Å². The van der Waals surface area contributed by atoms with Gasteiger partial charge in [-0.2, -0.15) is 0 Å². The van der Waals surface area contributed by atoms with E-state index in [-0.39, 0.29) is 11.2 Å². The number of anilines is 2. The lowest BCUT2D eigenvalue weighted by atomic mass is 10.2. The molecule has 1 amide bonds. The van der Waals surface area contributed by atoms with Gasteiger partial charge >= 0.3 is 0 Å². The Morgan fingerprint density at radius 2 is 2.35 bits per heavy atom. The summed E-state index contributed by atoms with van der Waals surface area (Å²) < 4.78 is 5.95. The maximum atomic E-state index is 12.1. The number of ether oxygens (including phenoxy) is 1. The van der Waals surface area contributed by atoms with Gasteiger partial charge < -0.3 is 15.8 Å². The molecule has 2 rings (SSSR count). The first-order valence-electron chi connectivity index (χ1n) is 5.77. The van der Waals surface area contributed by atoms with Crippen molar-refractivity contribution in [3.63, 3.8) is 0 Å². The molecule has 0 saturated carbocycles. The average Bonchev–Trinajstić information content (AvgIpc) is 2.91. The SMILES string of the molecule is COc1ccc(N)cc1NC(=O)C(C)Sc1nncs1. The monoisotopic (exact) mass is 310 g/mol. The number of nitrogens with two attached hydrogens (primary N) is 1. The van der Waals surface area contributed by atoms with Crippen LogP contribution in [0, 0.1) is 0 Å². The molecular weight excluding hydrogens is 296 g/mol. The molecule has 1 aromatic heterocycles. The van der Waals surface area contributed by atoms with E-state index in [0.29, 0.717) is 17.1 Å². The number of thioether (sulfide) groups is 1. The number of aromatic nitrogens is 2. The number of hydrogen-bond acceptors (Lipinski definition) is 7. The predicted octanol–water partition coefficient (Wildman–Crippen LogP) is 2.25. The Balaban J connectivity index is 2.05. The molecule has 8 heteroatoms. The zero-order valence-corrected chi connectivity index (χ0v) is 12.6. The molecule has 6 nitrogen and oxygen atoms in total. The molecule has 0 saturated heterocycles. The minimum atomic E-state index is -0.297. The van der Waals surface area contributed by atoms with Crippen molar-refractivity contribution < 1.29 is 9.53 Å². The smallest absolute Gasteiger partial charge is 0.237 e. The molecule has 106 valence electrons. The Hall–Kier alpha value is -1.80. The van der Waals surface area contributed by atoms with Crippen LogP contribution in [-0.4, -0.2) is 28.5 Å². The second-order valence-corrected chi connectivity index (χ2v) is 6.33. The van der Waals surface area contributed by atoms with Gasteiger partial charge in [0.1, 0.15) is 11.3 Å². The Kier molecular flexibility index (Phi) is 4.80. The zero-order valence-electron chi connectivity index (χ0n) is 11.0. The van der Waals surface area contributed by atoms with Crippen LogP contribution in [0.15, 0.2) is 28.0 Å². The third-order valence-electron chi connectivity index (χ3n) is 2.47. The molecule has 0 aliphatic rings. The summed E-state index contributed by atoms with van der Waals surface area (Å²) in [6, 6.07) is 5.10. The minimum absolute atomic E-state index is 0.144. The summed E-state index contributed by atoms with van der Waals surface area (Å²) in [5.41, 5.74) is 8.47. The molecule has 0 spiro atoms. The van der Waals surface area contributed by atoms with E-state index in [1.807, 2.05) is 0 Å². The highest BCUT2D eigenvalue weighted by molar-refractivity contribution is 8.02. The van der Waals surface area contributed by atoms with Gasteiger partial charge in [0, 0.05) is 5.69 Å². The van der Waals surface area contributed by atoms with Gasteiger partial charge in [-0.1, -0.05) is 23.1 Å². The van der Waals surface area contributed by atoms with Gasteiger partial charge in [0.15, 0.2) is 4.34 Å². The molecule has 1 unspecified atom stereocenters. The lowest BCUT2D eigenvalue weighted by Crippen LogP contribution is -2.22. The third kappa shape index (κ3) is 3.61. The normalized spacial score (nSPS) is 11.9. The second-order valence-electron chi connectivity index (χ2n) is 3.91. The van der Waals surface area contributed by atoms with Gasteiger partial charge in [0.2, 0.25) is 5.91 Å². The molecule has 2 aromatic rings. The molecule has 20 heavy (non-hydrogen) atoms. The van der Waals surface area contributed by atoms with Gasteiger partial charge in [-0.05, 0) is 25.1 Å². The number of amides is 1. The average molecular weight is 310 g/mol. The van der Waals surface area contributed by atoms with Crippen LogP contribution < -0.4 is 15.8 Å². The number of nitrogens with one attached hydrogen (secondary N) is 1. The largest absolute Gasteiger partial charge is 0.495 e. The van der Waals surface area contributed by atoms with Crippen LogP contribution in [0.1, 0.15) is 6.92 Å². The summed E-state index contributed by atoms with van der Waals surface area (Å²) in [6.07, 6.45) is 0. The van der Waals surface area contributed by atoms with E-state index >= 15 is 0 Å². The summed E-state index contributed by atoms with van der Waals surface area (Å²) >= 11 is 2.76. The van der Waals surface area contributed by atoms with E-state index in [1.54, 1.807) is 37.7 Å². The molecule has 0 fully saturated rings. The van der Waals surface area contributed by atoms with Gasteiger partial charge in [0.25, 0.3) is 0 Å². The molecule has 1 heterocycles. The molecule has 1 atom stereocenters. The van der Waals surface area contributed by atoms with Crippen LogP contribution in [0.3, 0.4) is 0 Å². The predicted molar refractivity (Wildman–Crippen MR) is 81.3 cm³/mol. The lowest BCUT2D eigenvalue weighted by molar-refractivity contribution is -0.115. The molecule has 3 N–H and O–H groups in total. The van der Waals surface area contributed by atoms with Gasteiger partial charge in [0.05, 0.1) is 18.0 Å². The van der Waals surface area contributed by atoms with Crippen molar-refractivity contribution in [1.82, 2.24) is 10.2 Å². The van der Waals surface area contributed by atoms with Crippen molar-refractivity contribution in [3.05, 3.63) is 23.7 Å². The fourth-order valence-electron chi connectivity index (χ4n) is 1.48. The van der Waals surface area contributed by atoms with E-state index < -0.39 is 0 Å². The van der Waals surface area contributed by atoms with Crippen LogP contribution in [0.4, 0.5) is 11.4 Å². The topological polar surface area (TPSA) is 90.1 Å². The molecular formula is C12H14N4O2S2. The summed E-state index contributed by atoms with van der Waals surface area (Å²) in [7, 11) is 1.54. The molecule has 1 aromatic carbocycles. The van der Waals surface area contributed by atoms with Crippen molar-refractivity contribution in [2.24, 2.45) is 0 Å². The first-order chi connectivity index (χ1) is 9.60. The quantitative estimate of drug-likeness (QED) is 0.650. The zero-order chi connectivity index (χ0) is 14.5. The number of nitrogen functional groups attached to an aromatic ring is 1. The number of methoxy groups -OCH3 is 1. The van der Waals surface area contributed by atoms with Crippen LogP contribution in [0.2, 0.25) is 0 Å². The van der Waals surface area contributed by atoms with Crippen molar-refractivity contribution >= 4 is 40.4 Å². The number of carbonyl (C=O) groups excluding carboxylic acids is 1. The molecule has 0 radical (unpaired) electrons. The number of benzene rings is 1. The summed E-state index contributed by atoms with van der Waals surface area (Å²) in [5, 5.41) is 10.1. The van der Waals surface area contributed by atoms with E-state index in [4.69, 9.17) is 10.5 Å². The Bertz CT molecular complexity index is 589. The van der Waals surface area contributed by atoms with Crippen molar-refractivity contribution in [1.29, 1.82) is 0 Å². The Morgan fingerprint density at radius 1 is 1.55 bits per heavy atom. The van der Waals surface area contributed by atoms with Crippen molar-refractivity contribution in [2.75, 3.05) is 18.2 Å². The molecule has 0 aliphatic carbocycles. The summed E-state index contributed by atoms with van der Waals surface area (Å²) in [6.45, 7) is 1.81. The van der Waals surface area contributed by atoms with E-state index in [2.05, 4.69) is 15.5 Å². The number of nitrogens with zero attached hydrogens (tertiary/aromatic N) is 2. The number of hydrogen-bond donors (Lipinski definition) is 2. The minimum Gasteiger partial charge on any atom is -0.495 e. The standard InChI is InChI=1S/C12H14N4O2S2/c1-7(20-12-16-14-6-19-12)11(17)15-9-5-8(13)3-4-10(9)18-2/h3-7H,13H2,1-2H3,(H,15,17). The maximum absolute atomic E-state index is 12.1. The van der Waals surface area contributed by atoms with Crippen molar-refractivity contribution in [3.8, 4) is 5.75 Å². The van der Waals surface area contributed by atoms with Crippen LogP contribution in [-0.2, 0) is 4.79 Å². The molecule has 0 aliphatic heterocycles. The maximum Gasteiger partial charge on any atom is 0.237 e. The van der Waals surface area contributed by atoms with Crippen LogP contribution in [0.25, 0.3) is 0 Å². The van der Waals surface area contributed by atoms with Crippen LogP contribution >= 0.6 is 23.1 Å². The lowest BCUT2D eigenvalue weighted by Gasteiger charge is -2.13. The highest BCUT2D eigenvalue weighted by Crippen LogP contribution is 2.29. The second kappa shape index (κ2) is 6.58. The van der Waals surface area contributed by atoms with E-state index in [9.17, 15) is 4.79 Å². The fraction of sp³-hybridized carbons (Fsp3) is 0.250.